The number of aryl methyl sites for hydroxylation is 1. The van der Waals surface area contributed by atoms with E-state index < -0.39 is 11.9 Å². The van der Waals surface area contributed by atoms with E-state index in [0.717, 1.165) is 30.5 Å². The molecule has 3 fully saturated rings. The first-order valence-corrected chi connectivity index (χ1v) is 12.4. The van der Waals surface area contributed by atoms with Crippen molar-refractivity contribution in [1.29, 1.82) is 0 Å². The summed E-state index contributed by atoms with van der Waals surface area (Å²) in [5.41, 5.74) is 2.45. The summed E-state index contributed by atoms with van der Waals surface area (Å²) in [7, 11) is 0. The van der Waals surface area contributed by atoms with Crippen molar-refractivity contribution in [2.45, 2.75) is 43.3 Å². The van der Waals surface area contributed by atoms with Crippen molar-refractivity contribution in [1.82, 2.24) is 29.8 Å². The van der Waals surface area contributed by atoms with Crippen LogP contribution in [0.1, 0.15) is 36.6 Å². The standard InChI is InChI=1S/C26H24ClN7O3/c1-17-10-33(15-31-17)26-11-25(12-26,13-26)32-24(36)23(19-7-28-14-29-8-19)34(22(35)6-27)20-4-2-18(3-5-20)21-9-30-16-37-21/h2-5,7-10,14-16,23H,6,11-13H2,1H3,(H,32,36). The molecule has 3 aliphatic carbocycles. The lowest BCUT2D eigenvalue weighted by molar-refractivity contribution is -0.157. The number of carbonyl (C=O) groups excluding carboxylic acids is 2. The number of halogens is 1. The van der Waals surface area contributed by atoms with Gasteiger partial charge < -0.3 is 14.3 Å². The summed E-state index contributed by atoms with van der Waals surface area (Å²) < 4.78 is 7.51. The van der Waals surface area contributed by atoms with Crippen LogP contribution in [0.5, 0.6) is 0 Å². The summed E-state index contributed by atoms with van der Waals surface area (Å²) in [6.07, 6.45) is 13.8. The third-order valence-corrected chi connectivity index (χ3v) is 7.53. The molecule has 2 amide bonds. The number of nitrogens with one attached hydrogen (secondary N) is 1. The summed E-state index contributed by atoms with van der Waals surface area (Å²) in [6.45, 7) is 1.96. The number of alkyl halides is 1. The number of hydrogen-bond donors (Lipinski definition) is 1. The van der Waals surface area contributed by atoms with Gasteiger partial charge >= 0.3 is 0 Å². The molecule has 3 aliphatic rings. The summed E-state index contributed by atoms with van der Waals surface area (Å²) in [6, 6.07) is 6.12. The fourth-order valence-corrected chi connectivity index (χ4v) is 5.80. The zero-order chi connectivity index (χ0) is 25.6. The Bertz CT molecular complexity index is 1420. The van der Waals surface area contributed by atoms with Gasteiger partial charge in [0.15, 0.2) is 12.2 Å². The molecule has 11 heteroatoms. The molecule has 0 aliphatic heterocycles. The van der Waals surface area contributed by atoms with E-state index >= 15 is 0 Å². The molecular weight excluding hydrogens is 494 g/mol. The SMILES string of the molecule is Cc1cn(C23CC(NC(=O)C(c4cncnc4)N(C(=O)CCl)c4ccc(-c5cnco5)cc4)(C2)C3)cn1. The molecule has 7 rings (SSSR count). The molecule has 1 atom stereocenters. The number of oxazole rings is 1. The molecule has 2 bridgehead atoms. The Hall–Kier alpha value is -4.05. The second-order valence-electron chi connectivity index (χ2n) is 9.83. The molecule has 1 unspecified atom stereocenters. The van der Waals surface area contributed by atoms with Gasteiger partial charge in [0.2, 0.25) is 11.8 Å². The molecule has 10 nitrogen and oxygen atoms in total. The second-order valence-corrected chi connectivity index (χ2v) is 10.1. The second kappa shape index (κ2) is 8.81. The van der Waals surface area contributed by atoms with Gasteiger partial charge in [-0.2, -0.15) is 0 Å². The topological polar surface area (TPSA) is 119 Å². The van der Waals surface area contributed by atoms with E-state index in [1.807, 2.05) is 19.4 Å². The Morgan fingerprint density at radius 3 is 2.46 bits per heavy atom. The van der Waals surface area contributed by atoms with E-state index in [0.29, 0.717) is 17.0 Å². The molecule has 3 heterocycles. The first-order chi connectivity index (χ1) is 17.9. The highest BCUT2D eigenvalue weighted by Crippen LogP contribution is 2.65. The van der Waals surface area contributed by atoms with Crippen LogP contribution in [0.25, 0.3) is 11.3 Å². The number of carbonyl (C=O) groups is 2. The highest BCUT2D eigenvalue weighted by molar-refractivity contribution is 6.29. The number of rotatable bonds is 8. The van der Waals surface area contributed by atoms with Gasteiger partial charge in [-0.15, -0.1) is 11.6 Å². The Labute approximate surface area is 217 Å². The Morgan fingerprint density at radius 1 is 1.14 bits per heavy atom. The fraction of sp³-hybridized carbons (Fsp3) is 0.308. The summed E-state index contributed by atoms with van der Waals surface area (Å²) in [5, 5.41) is 3.23. The first-order valence-electron chi connectivity index (χ1n) is 11.9. The van der Waals surface area contributed by atoms with Crippen LogP contribution in [0.15, 0.2) is 72.5 Å². The minimum absolute atomic E-state index is 0.00206. The lowest BCUT2D eigenvalue weighted by Crippen LogP contribution is -2.79. The van der Waals surface area contributed by atoms with Gasteiger partial charge in [-0.1, -0.05) is 0 Å². The predicted molar refractivity (Wildman–Crippen MR) is 135 cm³/mol. The van der Waals surface area contributed by atoms with Gasteiger partial charge in [-0.05, 0) is 50.5 Å². The fourth-order valence-electron chi connectivity index (χ4n) is 5.67. The minimum atomic E-state index is -0.996. The minimum Gasteiger partial charge on any atom is -0.444 e. The van der Waals surface area contributed by atoms with Crippen molar-refractivity contribution >= 4 is 29.1 Å². The molecule has 1 aromatic carbocycles. The Balaban J connectivity index is 1.29. The lowest BCUT2D eigenvalue weighted by Gasteiger charge is -2.70. The van der Waals surface area contributed by atoms with Gasteiger partial charge in [0.1, 0.15) is 18.2 Å². The first kappa shape index (κ1) is 23.4. The average molecular weight is 518 g/mol. The van der Waals surface area contributed by atoms with Gasteiger partial charge in [0.25, 0.3) is 0 Å². The molecule has 188 valence electrons. The Morgan fingerprint density at radius 2 is 1.86 bits per heavy atom. The monoisotopic (exact) mass is 517 g/mol. The summed E-state index contributed by atoms with van der Waals surface area (Å²) in [4.78, 5) is 44.9. The van der Waals surface area contributed by atoms with Crippen molar-refractivity contribution in [3.63, 3.8) is 0 Å². The average Bonchev–Trinajstić information content (AvgIpc) is 3.56. The Kier molecular flexibility index (Phi) is 5.56. The third kappa shape index (κ3) is 3.97. The van der Waals surface area contributed by atoms with Crippen LogP contribution in [0.3, 0.4) is 0 Å². The number of aromatic nitrogens is 5. The van der Waals surface area contributed by atoms with Crippen molar-refractivity contribution in [2.75, 3.05) is 10.8 Å². The van der Waals surface area contributed by atoms with E-state index in [9.17, 15) is 9.59 Å². The summed E-state index contributed by atoms with van der Waals surface area (Å²) >= 11 is 6.03. The van der Waals surface area contributed by atoms with Crippen LogP contribution in [0.4, 0.5) is 5.69 Å². The van der Waals surface area contributed by atoms with E-state index in [-0.39, 0.29) is 22.9 Å². The van der Waals surface area contributed by atoms with Crippen LogP contribution < -0.4 is 10.2 Å². The number of benzene rings is 1. The smallest absolute Gasteiger partial charge is 0.248 e. The zero-order valence-electron chi connectivity index (χ0n) is 20.0. The van der Waals surface area contributed by atoms with Gasteiger partial charge in [0.05, 0.1) is 23.8 Å². The molecule has 0 spiro atoms. The van der Waals surface area contributed by atoms with E-state index in [1.165, 1.54) is 17.6 Å². The number of anilines is 1. The maximum atomic E-state index is 13.9. The lowest BCUT2D eigenvalue weighted by atomic mass is 9.44. The van der Waals surface area contributed by atoms with Gasteiger partial charge in [-0.3, -0.25) is 14.5 Å². The maximum absolute atomic E-state index is 13.9. The highest BCUT2D eigenvalue weighted by Gasteiger charge is 2.70. The molecule has 0 radical (unpaired) electrons. The third-order valence-electron chi connectivity index (χ3n) is 7.30. The van der Waals surface area contributed by atoms with E-state index in [1.54, 1.807) is 42.9 Å². The highest BCUT2D eigenvalue weighted by atomic mass is 35.5. The molecular formula is C26H24ClN7O3. The maximum Gasteiger partial charge on any atom is 0.248 e. The largest absolute Gasteiger partial charge is 0.444 e. The van der Waals surface area contributed by atoms with Crippen molar-refractivity contribution in [3.05, 3.63) is 79.4 Å². The molecule has 1 N–H and O–H groups in total. The van der Waals surface area contributed by atoms with Crippen molar-refractivity contribution in [3.8, 4) is 11.3 Å². The number of hydrogen-bond acceptors (Lipinski definition) is 7. The van der Waals surface area contributed by atoms with Crippen LogP contribution in [0.2, 0.25) is 0 Å². The molecule has 3 aromatic heterocycles. The molecule has 3 saturated carbocycles. The van der Waals surface area contributed by atoms with Crippen LogP contribution in [-0.4, -0.2) is 47.7 Å². The van der Waals surface area contributed by atoms with Gasteiger partial charge in [0, 0.05) is 40.9 Å². The number of nitrogens with zero attached hydrogens (tertiary/aromatic N) is 6. The number of amides is 2. The van der Waals surface area contributed by atoms with Crippen LogP contribution >= 0.6 is 11.6 Å². The normalized spacial score (nSPS) is 22.4. The molecule has 0 saturated heterocycles. The quantitative estimate of drug-likeness (QED) is 0.356. The summed E-state index contributed by atoms with van der Waals surface area (Å²) in [5.74, 6) is -0.419. The van der Waals surface area contributed by atoms with Crippen LogP contribution in [-0.2, 0) is 15.1 Å². The molecule has 37 heavy (non-hydrogen) atoms. The zero-order valence-corrected chi connectivity index (χ0v) is 20.8. The van der Waals surface area contributed by atoms with Crippen LogP contribution in [0, 0.1) is 6.92 Å². The van der Waals surface area contributed by atoms with Gasteiger partial charge in [-0.25, -0.2) is 19.9 Å². The van der Waals surface area contributed by atoms with E-state index in [4.69, 9.17) is 16.0 Å². The van der Waals surface area contributed by atoms with E-state index in [2.05, 4.69) is 29.8 Å². The number of imidazole rings is 1. The molecule has 4 aromatic rings. The van der Waals surface area contributed by atoms with Crippen molar-refractivity contribution in [2.24, 2.45) is 0 Å². The predicted octanol–water partition coefficient (Wildman–Crippen LogP) is 3.40. The van der Waals surface area contributed by atoms with Crippen molar-refractivity contribution < 1.29 is 14.0 Å².